The SMILES string of the molecule is CC(=O)C(NC(=O)C(C)OCc1ccccc1)C(=O)O. The maximum atomic E-state index is 11.7. The molecular formula is C14H17NO5. The summed E-state index contributed by atoms with van der Waals surface area (Å²) in [5.41, 5.74) is 0.897. The van der Waals surface area contributed by atoms with Crippen molar-refractivity contribution in [3.63, 3.8) is 0 Å². The van der Waals surface area contributed by atoms with Gasteiger partial charge in [0.25, 0.3) is 0 Å². The molecule has 0 aliphatic rings. The largest absolute Gasteiger partial charge is 0.479 e. The number of Topliss-reactive ketones (excluding diaryl/α,β-unsaturated/α-hetero) is 1. The number of amides is 1. The van der Waals surface area contributed by atoms with Gasteiger partial charge in [0.1, 0.15) is 6.10 Å². The molecule has 1 amide bonds. The number of aliphatic carboxylic acids is 1. The third kappa shape index (κ3) is 4.81. The van der Waals surface area contributed by atoms with Crippen LogP contribution < -0.4 is 5.32 Å². The lowest BCUT2D eigenvalue weighted by Gasteiger charge is -2.16. The van der Waals surface area contributed by atoms with Gasteiger partial charge in [0, 0.05) is 0 Å². The van der Waals surface area contributed by atoms with E-state index in [1.165, 1.54) is 6.92 Å². The van der Waals surface area contributed by atoms with Gasteiger partial charge in [-0.3, -0.25) is 9.59 Å². The first-order chi connectivity index (χ1) is 9.41. The van der Waals surface area contributed by atoms with E-state index >= 15 is 0 Å². The number of carbonyl (C=O) groups is 3. The predicted octanol–water partition coefficient (Wildman–Crippen LogP) is 0.750. The Morgan fingerprint density at radius 2 is 1.85 bits per heavy atom. The molecule has 0 aliphatic heterocycles. The average Bonchev–Trinajstić information content (AvgIpc) is 2.42. The van der Waals surface area contributed by atoms with Crippen molar-refractivity contribution in [1.29, 1.82) is 0 Å². The highest BCUT2D eigenvalue weighted by Crippen LogP contribution is 2.03. The van der Waals surface area contributed by atoms with E-state index in [9.17, 15) is 14.4 Å². The Labute approximate surface area is 116 Å². The van der Waals surface area contributed by atoms with E-state index in [0.717, 1.165) is 12.5 Å². The topological polar surface area (TPSA) is 92.7 Å². The van der Waals surface area contributed by atoms with Crippen LogP contribution in [0.25, 0.3) is 0 Å². The number of carboxylic acids is 1. The van der Waals surface area contributed by atoms with Gasteiger partial charge < -0.3 is 15.2 Å². The molecular weight excluding hydrogens is 262 g/mol. The third-order valence-electron chi connectivity index (χ3n) is 2.65. The Morgan fingerprint density at radius 1 is 1.25 bits per heavy atom. The molecule has 1 aromatic carbocycles. The second-order valence-corrected chi connectivity index (χ2v) is 4.33. The summed E-state index contributed by atoms with van der Waals surface area (Å²) in [6, 6.07) is 7.72. The number of nitrogens with one attached hydrogen (secondary N) is 1. The zero-order valence-electron chi connectivity index (χ0n) is 11.3. The van der Waals surface area contributed by atoms with Crippen LogP contribution >= 0.6 is 0 Å². The normalized spacial score (nSPS) is 13.3. The number of ketones is 1. The van der Waals surface area contributed by atoms with E-state index in [4.69, 9.17) is 9.84 Å². The molecule has 108 valence electrons. The van der Waals surface area contributed by atoms with Crippen LogP contribution in [0.1, 0.15) is 19.4 Å². The minimum Gasteiger partial charge on any atom is -0.479 e. The van der Waals surface area contributed by atoms with Crippen molar-refractivity contribution in [2.75, 3.05) is 0 Å². The van der Waals surface area contributed by atoms with Crippen LogP contribution in [0, 0.1) is 0 Å². The van der Waals surface area contributed by atoms with Gasteiger partial charge in [-0.2, -0.15) is 0 Å². The van der Waals surface area contributed by atoms with Crippen LogP contribution in [-0.2, 0) is 25.7 Å². The molecule has 20 heavy (non-hydrogen) atoms. The zero-order chi connectivity index (χ0) is 15.1. The van der Waals surface area contributed by atoms with Gasteiger partial charge in [0.05, 0.1) is 6.61 Å². The first-order valence-electron chi connectivity index (χ1n) is 6.11. The van der Waals surface area contributed by atoms with Gasteiger partial charge in [-0.05, 0) is 19.4 Å². The van der Waals surface area contributed by atoms with Gasteiger partial charge in [0.2, 0.25) is 5.91 Å². The second kappa shape index (κ2) is 7.40. The Bertz CT molecular complexity index is 472. The van der Waals surface area contributed by atoms with E-state index in [0.29, 0.717) is 0 Å². The number of rotatable bonds is 7. The van der Waals surface area contributed by atoms with Crippen LogP contribution in [0.2, 0.25) is 0 Å². The molecule has 0 spiro atoms. The lowest BCUT2D eigenvalue weighted by atomic mass is 10.2. The number of carboxylic acid groups (broad SMARTS) is 1. The van der Waals surface area contributed by atoms with Gasteiger partial charge in [-0.15, -0.1) is 0 Å². The summed E-state index contributed by atoms with van der Waals surface area (Å²) >= 11 is 0. The monoisotopic (exact) mass is 279 g/mol. The average molecular weight is 279 g/mol. The summed E-state index contributed by atoms with van der Waals surface area (Å²) in [4.78, 5) is 33.6. The summed E-state index contributed by atoms with van der Waals surface area (Å²) in [7, 11) is 0. The predicted molar refractivity (Wildman–Crippen MR) is 70.9 cm³/mol. The summed E-state index contributed by atoms with van der Waals surface area (Å²) in [5.74, 6) is -2.66. The molecule has 0 aromatic heterocycles. The van der Waals surface area contributed by atoms with Crippen LogP contribution in [-0.4, -0.2) is 34.9 Å². The number of carbonyl (C=O) groups excluding carboxylic acids is 2. The van der Waals surface area contributed by atoms with Crippen molar-refractivity contribution in [3.05, 3.63) is 35.9 Å². The molecule has 0 bridgehead atoms. The summed E-state index contributed by atoms with van der Waals surface area (Å²) in [6.07, 6.45) is -0.851. The molecule has 2 unspecified atom stereocenters. The number of hydrogen-bond acceptors (Lipinski definition) is 4. The van der Waals surface area contributed by atoms with E-state index in [2.05, 4.69) is 5.32 Å². The van der Waals surface area contributed by atoms with Crippen molar-refractivity contribution in [1.82, 2.24) is 5.32 Å². The van der Waals surface area contributed by atoms with E-state index in [1.807, 2.05) is 30.3 Å². The summed E-state index contributed by atoms with van der Waals surface area (Å²) in [5, 5.41) is 10.9. The molecule has 1 rings (SSSR count). The van der Waals surface area contributed by atoms with Gasteiger partial charge in [0.15, 0.2) is 11.8 Å². The fourth-order valence-corrected chi connectivity index (χ4v) is 1.47. The molecule has 6 nitrogen and oxygen atoms in total. The molecule has 0 aliphatic carbocycles. The van der Waals surface area contributed by atoms with E-state index < -0.39 is 29.8 Å². The number of hydrogen-bond donors (Lipinski definition) is 2. The van der Waals surface area contributed by atoms with Crippen LogP contribution in [0.15, 0.2) is 30.3 Å². The van der Waals surface area contributed by atoms with Crippen molar-refractivity contribution in [2.45, 2.75) is 32.6 Å². The molecule has 0 saturated heterocycles. The lowest BCUT2D eigenvalue weighted by Crippen LogP contribution is -2.49. The Balaban J connectivity index is 2.50. The minimum absolute atomic E-state index is 0.229. The molecule has 0 saturated carbocycles. The molecule has 6 heteroatoms. The number of benzene rings is 1. The maximum Gasteiger partial charge on any atom is 0.334 e. The Kier molecular flexibility index (Phi) is 5.86. The lowest BCUT2D eigenvalue weighted by molar-refractivity contribution is -0.147. The quantitative estimate of drug-likeness (QED) is 0.718. The minimum atomic E-state index is -1.54. The molecule has 1 aromatic rings. The van der Waals surface area contributed by atoms with Crippen molar-refractivity contribution >= 4 is 17.7 Å². The molecule has 2 N–H and O–H groups in total. The highest BCUT2D eigenvalue weighted by molar-refractivity contribution is 6.04. The maximum absolute atomic E-state index is 11.7. The van der Waals surface area contributed by atoms with Crippen LogP contribution in [0.5, 0.6) is 0 Å². The van der Waals surface area contributed by atoms with Gasteiger partial charge >= 0.3 is 5.97 Å². The van der Waals surface area contributed by atoms with Crippen molar-refractivity contribution in [3.8, 4) is 0 Å². The summed E-state index contributed by atoms with van der Waals surface area (Å²) in [6.45, 7) is 2.83. The smallest absolute Gasteiger partial charge is 0.334 e. The highest BCUT2D eigenvalue weighted by atomic mass is 16.5. The van der Waals surface area contributed by atoms with Gasteiger partial charge in [-0.25, -0.2) is 4.79 Å². The van der Waals surface area contributed by atoms with Crippen molar-refractivity contribution < 1.29 is 24.2 Å². The first kappa shape index (κ1) is 15.8. The van der Waals surface area contributed by atoms with Crippen LogP contribution in [0.4, 0.5) is 0 Å². The van der Waals surface area contributed by atoms with E-state index in [-0.39, 0.29) is 6.61 Å². The third-order valence-corrected chi connectivity index (χ3v) is 2.65. The standard InChI is InChI=1S/C14H17NO5/c1-9(16)12(14(18)19)15-13(17)10(2)20-8-11-6-4-3-5-7-11/h3-7,10,12H,8H2,1-2H3,(H,15,17)(H,18,19). The molecule has 0 radical (unpaired) electrons. The fourth-order valence-electron chi connectivity index (χ4n) is 1.47. The molecule has 2 atom stereocenters. The first-order valence-corrected chi connectivity index (χ1v) is 6.11. The Morgan fingerprint density at radius 3 is 2.35 bits per heavy atom. The van der Waals surface area contributed by atoms with E-state index in [1.54, 1.807) is 0 Å². The summed E-state index contributed by atoms with van der Waals surface area (Å²) < 4.78 is 5.33. The molecule has 0 heterocycles. The highest BCUT2D eigenvalue weighted by Gasteiger charge is 2.26. The fraction of sp³-hybridized carbons (Fsp3) is 0.357. The molecule has 0 fully saturated rings. The van der Waals surface area contributed by atoms with Gasteiger partial charge in [-0.1, -0.05) is 30.3 Å². The Hall–Kier alpha value is -2.21. The zero-order valence-corrected chi connectivity index (χ0v) is 11.3. The second-order valence-electron chi connectivity index (χ2n) is 4.33. The van der Waals surface area contributed by atoms with Crippen LogP contribution in [0.3, 0.4) is 0 Å². The van der Waals surface area contributed by atoms with Crippen molar-refractivity contribution in [2.24, 2.45) is 0 Å². The number of ether oxygens (including phenoxy) is 1.